The molecule has 1 amide bonds. The molecule has 0 saturated heterocycles. The van der Waals surface area contributed by atoms with Gasteiger partial charge in [0.05, 0.1) is 6.61 Å². The molecule has 0 radical (unpaired) electrons. The molecule has 0 aliphatic heterocycles. The molecule has 3 aromatic rings. The van der Waals surface area contributed by atoms with Crippen LogP contribution in [0, 0.1) is 0 Å². The van der Waals surface area contributed by atoms with Crippen molar-refractivity contribution in [1.82, 2.24) is 20.1 Å². The van der Waals surface area contributed by atoms with E-state index >= 15 is 0 Å². The van der Waals surface area contributed by atoms with Gasteiger partial charge in [-0.1, -0.05) is 30.3 Å². The predicted octanol–water partition coefficient (Wildman–Crippen LogP) is 2.92. The third kappa shape index (κ3) is 6.34. The van der Waals surface area contributed by atoms with Crippen molar-refractivity contribution in [3.05, 3.63) is 78.2 Å². The Labute approximate surface area is 159 Å². The van der Waals surface area contributed by atoms with Crippen LogP contribution in [-0.2, 0) is 22.5 Å². The highest BCUT2D eigenvalue weighted by Crippen LogP contribution is 2.06. The third-order valence-corrected chi connectivity index (χ3v) is 4.11. The summed E-state index contributed by atoms with van der Waals surface area (Å²) in [5.41, 5.74) is 2.25. The molecule has 27 heavy (non-hydrogen) atoms. The van der Waals surface area contributed by atoms with E-state index < -0.39 is 0 Å². The number of ether oxygens (including phenoxy) is 1. The molecule has 0 fully saturated rings. The van der Waals surface area contributed by atoms with E-state index in [9.17, 15) is 4.79 Å². The van der Waals surface area contributed by atoms with E-state index in [4.69, 9.17) is 4.74 Å². The normalized spacial score (nSPS) is 10.7. The second kappa shape index (κ2) is 10.2. The molecule has 2 heterocycles. The smallest absolute Gasteiger partial charge is 0.220 e. The highest BCUT2D eigenvalue weighted by Gasteiger charge is 2.04. The lowest BCUT2D eigenvalue weighted by Crippen LogP contribution is -2.23. The lowest BCUT2D eigenvalue weighted by molar-refractivity contribution is -0.121. The van der Waals surface area contributed by atoms with E-state index in [1.54, 1.807) is 17.1 Å². The zero-order valence-corrected chi connectivity index (χ0v) is 15.3. The number of carbonyl (C=O) groups is 1. The van der Waals surface area contributed by atoms with Crippen LogP contribution in [0.3, 0.4) is 0 Å². The molecule has 6 nitrogen and oxygen atoms in total. The van der Waals surface area contributed by atoms with E-state index in [-0.39, 0.29) is 5.91 Å². The zero-order chi connectivity index (χ0) is 18.7. The standard InChI is InChI=1S/C21H24N4O2/c26-21(8-4-14-27-15-10-18-6-2-1-3-7-18)23-17-19-9-12-22-20(16-19)25-13-5-11-24-25/h1-3,5-7,9,11-13,16H,4,8,10,14-15,17H2,(H,23,26). The van der Waals surface area contributed by atoms with Gasteiger partial charge < -0.3 is 10.1 Å². The van der Waals surface area contributed by atoms with E-state index in [2.05, 4.69) is 27.5 Å². The van der Waals surface area contributed by atoms with Gasteiger partial charge in [-0.3, -0.25) is 4.79 Å². The van der Waals surface area contributed by atoms with Crippen LogP contribution in [0.15, 0.2) is 67.1 Å². The van der Waals surface area contributed by atoms with Gasteiger partial charge in [0, 0.05) is 38.2 Å². The summed E-state index contributed by atoms with van der Waals surface area (Å²) in [6.45, 7) is 1.75. The quantitative estimate of drug-likeness (QED) is 0.562. The molecule has 3 rings (SSSR count). The van der Waals surface area contributed by atoms with Crippen molar-refractivity contribution >= 4 is 5.91 Å². The molecule has 6 heteroatoms. The number of nitrogens with zero attached hydrogens (tertiary/aromatic N) is 3. The van der Waals surface area contributed by atoms with Crippen molar-refractivity contribution in [3.63, 3.8) is 0 Å². The monoisotopic (exact) mass is 364 g/mol. The Balaban J connectivity index is 1.30. The summed E-state index contributed by atoms with van der Waals surface area (Å²) in [6.07, 6.45) is 7.34. The minimum Gasteiger partial charge on any atom is -0.381 e. The molecule has 0 aliphatic rings. The van der Waals surface area contributed by atoms with Gasteiger partial charge in [0.2, 0.25) is 5.91 Å². The van der Waals surface area contributed by atoms with Crippen LogP contribution < -0.4 is 5.32 Å². The van der Waals surface area contributed by atoms with Crippen LogP contribution in [0.5, 0.6) is 0 Å². The van der Waals surface area contributed by atoms with Gasteiger partial charge in [-0.2, -0.15) is 5.10 Å². The first-order valence-corrected chi connectivity index (χ1v) is 9.14. The predicted molar refractivity (Wildman–Crippen MR) is 103 cm³/mol. The molecule has 0 aliphatic carbocycles. The van der Waals surface area contributed by atoms with Crippen LogP contribution in [0.1, 0.15) is 24.0 Å². The molecule has 0 unspecified atom stereocenters. The van der Waals surface area contributed by atoms with Gasteiger partial charge in [0.1, 0.15) is 0 Å². The molecule has 1 aromatic carbocycles. The fraction of sp³-hybridized carbons (Fsp3) is 0.286. The molecule has 140 valence electrons. The number of aromatic nitrogens is 3. The number of rotatable bonds is 10. The lowest BCUT2D eigenvalue weighted by Gasteiger charge is -2.08. The summed E-state index contributed by atoms with van der Waals surface area (Å²) in [5, 5.41) is 7.10. The first-order chi connectivity index (χ1) is 13.3. The number of nitrogens with one attached hydrogen (secondary N) is 1. The second-order valence-electron chi connectivity index (χ2n) is 6.20. The van der Waals surface area contributed by atoms with Crippen LogP contribution in [0.2, 0.25) is 0 Å². The summed E-state index contributed by atoms with van der Waals surface area (Å²) < 4.78 is 7.30. The number of hydrogen-bond donors (Lipinski definition) is 1. The first-order valence-electron chi connectivity index (χ1n) is 9.14. The fourth-order valence-electron chi connectivity index (χ4n) is 2.66. The van der Waals surface area contributed by atoms with Gasteiger partial charge in [-0.15, -0.1) is 0 Å². The Hall–Kier alpha value is -2.99. The number of amides is 1. The highest BCUT2D eigenvalue weighted by molar-refractivity contribution is 5.75. The van der Waals surface area contributed by atoms with Gasteiger partial charge in [0.15, 0.2) is 5.82 Å². The average Bonchev–Trinajstić information content (AvgIpc) is 3.25. The molecule has 0 bridgehead atoms. The van der Waals surface area contributed by atoms with Crippen molar-refractivity contribution in [2.24, 2.45) is 0 Å². The van der Waals surface area contributed by atoms with Crippen LogP contribution in [0.25, 0.3) is 5.82 Å². The van der Waals surface area contributed by atoms with E-state index in [0.29, 0.717) is 26.2 Å². The van der Waals surface area contributed by atoms with E-state index in [1.165, 1.54) is 5.56 Å². The maximum absolute atomic E-state index is 12.0. The molecular formula is C21H24N4O2. The molecule has 0 spiro atoms. The van der Waals surface area contributed by atoms with Gasteiger partial charge in [-0.05, 0) is 42.2 Å². The van der Waals surface area contributed by atoms with Crippen molar-refractivity contribution < 1.29 is 9.53 Å². The van der Waals surface area contributed by atoms with Gasteiger partial charge in [0.25, 0.3) is 0 Å². The van der Waals surface area contributed by atoms with Crippen LogP contribution in [0.4, 0.5) is 0 Å². The Bertz CT molecular complexity index is 819. The topological polar surface area (TPSA) is 69.0 Å². The average molecular weight is 364 g/mol. The molecule has 0 saturated carbocycles. The summed E-state index contributed by atoms with van der Waals surface area (Å²) in [7, 11) is 0. The summed E-state index contributed by atoms with van der Waals surface area (Å²) >= 11 is 0. The number of hydrogen-bond acceptors (Lipinski definition) is 4. The Morgan fingerprint density at radius 3 is 2.74 bits per heavy atom. The lowest BCUT2D eigenvalue weighted by atomic mass is 10.2. The zero-order valence-electron chi connectivity index (χ0n) is 15.3. The number of pyridine rings is 1. The minimum absolute atomic E-state index is 0.0270. The van der Waals surface area contributed by atoms with Crippen molar-refractivity contribution in [2.45, 2.75) is 25.8 Å². The van der Waals surface area contributed by atoms with Gasteiger partial charge in [-0.25, -0.2) is 9.67 Å². The number of carbonyl (C=O) groups excluding carboxylic acids is 1. The summed E-state index contributed by atoms with van der Waals surface area (Å²) in [4.78, 5) is 16.3. The van der Waals surface area contributed by atoms with Crippen molar-refractivity contribution in [3.8, 4) is 5.82 Å². The second-order valence-corrected chi connectivity index (χ2v) is 6.20. The van der Waals surface area contributed by atoms with Crippen LogP contribution >= 0.6 is 0 Å². The Kier molecular flexibility index (Phi) is 7.12. The molecule has 1 N–H and O–H groups in total. The summed E-state index contributed by atoms with van der Waals surface area (Å²) in [6, 6.07) is 15.9. The Morgan fingerprint density at radius 1 is 1.04 bits per heavy atom. The maximum Gasteiger partial charge on any atom is 0.220 e. The third-order valence-electron chi connectivity index (χ3n) is 4.11. The van der Waals surface area contributed by atoms with Crippen molar-refractivity contribution in [1.29, 1.82) is 0 Å². The van der Waals surface area contributed by atoms with E-state index in [0.717, 1.165) is 24.2 Å². The molecule has 0 atom stereocenters. The van der Waals surface area contributed by atoms with Gasteiger partial charge >= 0.3 is 0 Å². The van der Waals surface area contributed by atoms with E-state index in [1.807, 2.05) is 42.6 Å². The largest absolute Gasteiger partial charge is 0.381 e. The van der Waals surface area contributed by atoms with Crippen molar-refractivity contribution in [2.75, 3.05) is 13.2 Å². The Morgan fingerprint density at radius 2 is 1.93 bits per heavy atom. The number of benzene rings is 1. The maximum atomic E-state index is 12.0. The highest BCUT2D eigenvalue weighted by atomic mass is 16.5. The SMILES string of the molecule is O=C(CCCOCCc1ccccc1)NCc1ccnc(-n2cccn2)c1. The molecular weight excluding hydrogens is 340 g/mol. The first kappa shape index (κ1) is 18.8. The molecule has 2 aromatic heterocycles. The summed E-state index contributed by atoms with van der Waals surface area (Å²) in [5.74, 6) is 0.762. The van der Waals surface area contributed by atoms with Crippen LogP contribution in [-0.4, -0.2) is 33.9 Å². The fourth-order valence-corrected chi connectivity index (χ4v) is 2.66. The minimum atomic E-state index is 0.0270.